The number of aromatic nitrogens is 1. The van der Waals surface area contributed by atoms with Gasteiger partial charge in [0.2, 0.25) is 5.88 Å². The summed E-state index contributed by atoms with van der Waals surface area (Å²) in [6, 6.07) is 11.6. The lowest BCUT2D eigenvalue weighted by Gasteiger charge is -2.09. The van der Waals surface area contributed by atoms with Crippen molar-refractivity contribution in [3.8, 4) is 17.7 Å². The fraction of sp³-hybridized carbons (Fsp3) is 0.250. The van der Waals surface area contributed by atoms with Crippen molar-refractivity contribution < 1.29 is 4.74 Å². The Balaban J connectivity index is 1.96. The minimum absolute atomic E-state index is 0.391. The molecule has 2 N–H and O–H groups in total. The smallest absolute Gasteiger partial charge is 0.237 e. The van der Waals surface area contributed by atoms with Gasteiger partial charge in [-0.15, -0.1) is 0 Å². The van der Waals surface area contributed by atoms with E-state index in [1.807, 2.05) is 30.3 Å². The summed E-state index contributed by atoms with van der Waals surface area (Å²) in [7, 11) is 0. The molecule has 1 aliphatic carbocycles. The van der Waals surface area contributed by atoms with Crippen LogP contribution in [0.5, 0.6) is 11.6 Å². The van der Waals surface area contributed by atoms with Gasteiger partial charge in [0.15, 0.2) is 0 Å². The lowest BCUT2D eigenvalue weighted by molar-refractivity contribution is 0.458. The fourth-order valence-electron chi connectivity index (χ4n) is 2.46. The average molecular weight is 265 g/mol. The van der Waals surface area contributed by atoms with Crippen LogP contribution in [-0.2, 0) is 19.4 Å². The zero-order valence-corrected chi connectivity index (χ0v) is 11.1. The summed E-state index contributed by atoms with van der Waals surface area (Å²) in [4.78, 5) is 4.50. The highest BCUT2D eigenvalue weighted by Crippen LogP contribution is 2.29. The standard InChI is InChI=1S/C16H15N3O/c17-9-11-3-1-5-14(7-11)20-16-13(10-18)8-12-4-2-6-15(12)19-16/h1,3,5,7-8H,2,4,6,9,17H2. The second-order valence-corrected chi connectivity index (χ2v) is 4.87. The highest BCUT2D eigenvalue weighted by molar-refractivity contribution is 5.46. The molecule has 1 aromatic heterocycles. The lowest BCUT2D eigenvalue weighted by atomic mass is 10.1. The Morgan fingerprint density at radius 1 is 1.30 bits per heavy atom. The van der Waals surface area contributed by atoms with Gasteiger partial charge in [-0.05, 0) is 48.6 Å². The molecule has 0 saturated heterocycles. The van der Waals surface area contributed by atoms with E-state index in [1.54, 1.807) is 0 Å². The van der Waals surface area contributed by atoms with Gasteiger partial charge in [-0.3, -0.25) is 0 Å². The third kappa shape index (κ3) is 2.36. The first-order valence-corrected chi connectivity index (χ1v) is 6.70. The Morgan fingerprint density at radius 2 is 2.20 bits per heavy atom. The van der Waals surface area contributed by atoms with E-state index in [4.69, 9.17) is 10.5 Å². The summed E-state index contributed by atoms with van der Waals surface area (Å²) >= 11 is 0. The Bertz CT molecular complexity index is 689. The maximum absolute atomic E-state index is 9.24. The molecule has 0 unspecified atom stereocenters. The molecular weight excluding hydrogens is 250 g/mol. The molecule has 0 atom stereocenters. The Morgan fingerprint density at radius 3 is 3.00 bits per heavy atom. The van der Waals surface area contributed by atoms with Crippen LogP contribution in [0.1, 0.15) is 28.8 Å². The predicted octanol–water partition coefficient (Wildman–Crippen LogP) is 2.69. The highest BCUT2D eigenvalue weighted by atomic mass is 16.5. The van der Waals surface area contributed by atoms with E-state index in [9.17, 15) is 5.26 Å². The van der Waals surface area contributed by atoms with Crippen LogP contribution in [-0.4, -0.2) is 4.98 Å². The second kappa shape index (κ2) is 5.32. The van der Waals surface area contributed by atoms with Crippen molar-refractivity contribution in [3.05, 3.63) is 52.7 Å². The van der Waals surface area contributed by atoms with Crippen LogP contribution in [0.2, 0.25) is 0 Å². The number of hydrogen-bond donors (Lipinski definition) is 1. The van der Waals surface area contributed by atoms with Gasteiger partial charge in [0.1, 0.15) is 17.4 Å². The number of nitrogens with two attached hydrogens (primary N) is 1. The number of nitrogens with zero attached hydrogens (tertiary/aromatic N) is 2. The first-order valence-electron chi connectivity index (χ1n) is 6.70. The molecule has 0 bridgehead atoms. The van der Waals surface area contributed by atoms with Gasteiger partial charge in [0, 0.05) is 12.2 Å². The van der Waals surface area contributed by atoms with Crippen molar-refractivity contribution in [1.29, 1.82) is 5.26 Å². The van der Waals surface area contributed by atoms with Crippen LogP contribution in [0.15, 0.2) is 30.3 Å². The quantitative estimate of drug-likeness (QED) is 0.926. The number of aryl methyl sites for hydroxylation is 2. The Hall–Kier alpha value is -2.38. The molecule has 0 aliphatic heterocycles. The molecule has 0 fully saturated rings. The van der Waals surface area contributed by atoms with Crippen molar-refractivity contribution in [2.24, 2.45) is 5.73 Å². The van der Waals surface area contributed by atoms with Crippen LogP contribution in [0.4, 0.5) is 0 Å². The van der Waals surface area contributed by atoms with Gasteiger partial charge < -0.3 is 10.5 Å². The van der Waals surface area contributed by atoms with Crippen molar-refractivity contribution in [2.45, 2.75) is 25.8 Å². The van der Waals surface area contributed by atoms with Gasteiger partial charge in [-0.25, -0.2) is 4.98 Å². The number of nitriles is 1. The van der Waals surface area contributed by atoms with Crippen molar-refractivity contribution >= 4 is 0 Å². The number of ether oxygens (including phenoxy) is 1. The van der Waals surface area contributed by atoms with Crippen LogP contribution in [0, 0.1) is 11.3 Å². The molecule has 4 heteroatoms. The largest absolute Gasteiger partial charge is 0.438 e. The van der Waals surface area contributed by atoms with Crippen LogP contribution in [0.25, 0.3) is 0 Å². The van der Waals surface area contributed by atoms with E-state index in [0.717, 1.165) is 30.5 Å². The number of benzene rings is 1. The molecule has 2 aromatic rings. The van der Waals surface area contributed by atoms with Crippen molar-refractivity contribution in [2.75, 3.05) is 0 Å². The molecule has 0 saturated carbocycles. The summed E-state index contributed by atoms with van der Waals surface area (Å²) in [6.45, 7) is 0.458. The highest BCUT2D eigenvalue weighted by Gasteiger charge is 2.17. The molecule has 100 valence electrons. The molecule has 0 spiro atoms. The SMILES string of the molecule is N#Cc1cc2c(nc1Oc1cccc(CN)c1)CCC2. The number of fused-ring (bicyclic) bond motifs is 1. The molecule has 0 radical (unpaired) electrons. The fourth-order valence-corrected chi connectivity index (χ4v) is 2.46. The summed E-state index contributed by atoms with van der Waals surface area (Å²) in [6.07, 6.45) is 3.06. The monoisotopic (exact) mass is 265 g/mol. The van der Waals surface area contributed by atoms with Crippen LogP contribution in [0.3, 0.4) is 0 Å². The topological polar surface area (TPSA) is 71.9 Å². The first kappa shape index (κ1) is 12.6. The molecule has 1 aromatic carbocycles. The average Bonchev–Trinajstić information content (AvgIpc) is 2.93. The van der Waals surface area contributed by atoms with E-state index < -0.39 is 0 Å². The zero-order valence-electron chi connectivity index (χ0n) is 11.1. The van der Waals surface area contributed by atoms with Gasteiger partial charge in [0.05, 0.1) is 0 Å². The number of hydrogen-bond acceptors (Lipinski definition) is 4. The van der Waals surface area contributed by atoms with Gasteiger partial charge in [-0.2, -0.15) is 5.26 Å². The van der Waals surface area contributed by atoms with Crippen LogP contribution < -0.4 is 10.5 Å². The minimum atomic E-state index is 0.391. The molecule has 4 nitrogen and oxygen atoms in total. The predicted molar refractivity (Wildman–Crippen MR) is 75.4 cm³/mol. The Kier molecular flexibility index (Phi) is 3.36. The lowest BCUT2D eigenvalue weighted by Crippen LogP contribution is -1.99. The van der Waals surface area contributed by atoms with Gasteiger partial charge in [0.25, 0.3) is 0 Å². The normalized spacial score (nSPS) is 12.8. The molecule has 3 rings (SSSR count). The zero-order chi connectivity index (χ0) is 13.9. The van der Waals surface area contributed by atoms with E-state index in [0.29, 0.717) is 23.7 Å². The van der Waals surface area contributed by atoms with E-state index in [2.05, 4.69) is 11.1 Å². The van der Waals surface area contributed by atoms with Crippen molar-refractivity contribution in [3.63, 3.8) is 0 Å². The van der Waals surface area contributed by atoms with Gasteiger partial charge >= 0.3 is 0 Å². The van der Waals surface area contributed by atoms with Crippen molar-refractivity contribution in [1.82, 2.24) is 4.98 Å². The third-order valence-electron chi connectivity index (χ3n) is 3.48. The summed E-state index contributed by atoms with van der Waals surface area (Å²) in [5.74, 6) is 1.05. The van der Waals surface area contributed by atoms with E-state index in [1.165, 1.54) is 5.56 Å². The maximum Gasteiger partial charge on any atom is 0.237 e. The molecule has 20 heavy (non-hydrogen) atoms. The summed E-state index contributed by atoms with van der Waals surface area (Å²) < 4.78 is 5.78. The van der Waals surface area contributed by atoms with E-state index in [-0.39, 0.29) is 0 Å². The molecule has 0 amide bonds. The van der Waals surface area contributed by atoms with Crippen LogP contribution >= 0.6 is 0 Å². The third-order valence-corrected chi connectivity index (χ3v) is 3.48. The second-order valence-electron chi connectivity index (χ2n) is 4.87. The van der Waals surface area contributed by atoms with Gasteiger partial charge in [-0.1, -0.05) is 12.1 Å². The molecule has 1 heterocycles. The summed E-state index contributed by atoms with van der Waals surface area (Å²) in [5.41, 5.74) is 9.32. The summed E-state index contributed by atoms with van der Waals surface area (Å²) in [5, 5.41) is 9.24. The Labute approximate surface area is 117 Å². The number of rotatable bonds is 3. The molecular formula is C16H15N3O. The van der Waals surface area contributed by atoms with E-state index >= 15 is 0 Å². The number of pyridine rings is 1. The maximum atomic E-state index is 9.24. The molecule has 1 aliphatic rings. The minimum Gasteiger partial charge on any atom is -0.438 e. The first-order chi connectivity index (χ1) is 9.80.